The highest BCUT2D eigenvalue weighted by molar-refractivity contribution is 5.67. The Labute approximate surface area is 88.5 Å². The van der Waals surface area contributed by atoms with Gasteiger partial charge in [0.2, 0.25) is 0 Å². The molecule has 0 aliphatic heterocycles. The van der Waals surface area contributed by atoms with Crippen LogP contribution in [-0.4, -0.2) is 14.6 Å². The minimum Gasteiger partial charge on any atom is -0.261 e. The van der Waals surface area contributed by atoms with Crippen molar-refractivity contribution in [3.8, 4) is 0 Å². The molecule has 0 aromatic carbocycles. The van der Waals surface area contributed by atoms with E-state index in [2.05, 4.69) is 22.2 Å². The van der Waals surface area contributed by atoms with E-state index in [1.807, 2.05) is 16.9 Å². The van der Waals surface area contributed by atoms with Gasteiger partial charge in [-0.3, -0.25) is 4.98 Å². The first-order chi connectivity index (χ1) is 7.43. The number of allylic oxidation sites excluding steroid dienone is 2. The summed E-state index contributed by atoms with van der Waals surface area (Å²) in [5.41, 5.74) is 3.58. The number of hydrogen-bond acceptors (Lipinski definition) is 2. The van der Waals surface area contributed by atoms with Gasteiger partial charge in [0, 0.05) is 12.4 Å². The molecule has 0 N–H and O–H groups in total. The lowest BCUT2D eigenvalue weighted by molar-refractivity contribution is 0.738. The topological polar surface area (TPSA) is 30.2 Å². The monoisotopic (exact) mass is 199 g/mol. The summed E-state index contributed by atoms with van der Waals surface area (Å²) in [6.07, 6.45) is 12.8. The molecule has 0 bridgehead atoms. The molecule has 0 fully saturated rings. The summed E-state index contributed by atoms with van der Waals surface area (Å²) in [4.78, 5) is 4.09. The van der Waals surface area contributed by atoms with Gasteiger partial charge in [0.15, 0.2) is 0 Å². The second kappa shape index (κ2) is 3.50. The zero-order chi connectivity index (χ0) is 10.1. The minimum absolute atomic E-state index is 1.07. The molecule has 0 atom stereocenters. The molecule has 3 rings (SSSR count). The van der Waals surface area contributed by atoms with Crippen LogP contribution in [0.1, 0.15) is 31.4 Å². The van der Waals surface area contributed by atoms with Gasteiger partial charge in [-0.15, -0.1) is 0 Å². The van der Waals surface area contributed by atoms with Crippen LogP contribution in [0.2, 0.25) is 0 Å². The molecule has 1 aliphatic rings. The second-order valence-corrected chi connectivity index (χ2v) is 3.95. The number of hydrogen-bond donors (Lipinski definition) is 0. The summed E-state index contributed by atoms with van der Waals surface area (Å²) in [5, 5.41) is 4.54. The van der Waals surface area contributed by atoms with Crippen molar-refractivity contribution in [3.05, 3.63) is 36.4 Å². The molecule has 0 amide bonds. The molecule has 0 saturated carbocycles. The van der Waals surface area contributed by atoms with Crippen LogP contribution in [0.15, 0.2) is 30.7 Å². The first-order valence-corrected chi connectivity index (χ1v) is 5.42. The molecule has 2 aromatic rings. The van der Waals surface area contributed by atoms with Crippen molar-refractivity contribution in [2.75, 3.05) is 0 Å². The van der Waals surface area contributed by atoms with Crippen molar-refractivity contribution in [2.24, 2.45) is 0 Å². The Kier molecular flexibility index (Phi) is 2.02. The maximum Gasteiger partial charge on any atom is 0.0890 e. The minimum atomic E-state index is 1.07. The van der Waals surface area contributed by atoms with Crippen LogP contribution in [0, 0.1) is 0 Å². The van der Waals surface area contributed by atoms with Crippen molar-refractivity contribution in [3.63, 3.8) is 0 Å². The fraction of sp³-hybridized carbons (Fsp3) is 0.333. The molecule has 2 aromatic heterocycles. The molecule has 0 unspecified atom stereocenters. The molecule has 76 valence electrons. The molecule has 0 spiro atoms. The van der Waals surface area contributed by atoms with Gasteiger partial charge in [-0.1, -0.05) is 6.08 Å². The van der Waals surface area contributed by atoms with Gasteiger partial charge >= 0.3 is 0 Å². The average Bonchev–Trinajstić information content (AvgIpc) is 2.74. The van der Waals surface area contributed by atoms with Gasteiger partial charge in [0.25, 0.3) is 0 Å². The molecular weight excluding hydrogens is 186 g/mol. The lowest BCUT2D eigenvalue weighted by Crippen LogP contribution is -1.93. The molecule has 2 heterocycles. The van der Waals surface area contributed by atoms with Crippen LogP contribution in [0.25, 0.3) is 11.1 Å². The molecule has 3 heteroatoms. The molecule has 15 heavy (non-hydrogen) atoms. The van der Waals surface area contributed by atoms with Crippen LogP contribution in [0.4, 0.5) is 0 Å². The maximum atomic E-state index is 4.54. The lowest BCUT2D eigenvalue weighted by Gasteiger charge is -2.09. The van der Waals surface area contributed by atoms with Gasteiger partial charge in [-0.05, 0) is 37.3 Å². The summed E-state index contributed by atoms with van der Waals surface area (Å²) in [6, 6.07) is 2.12. The van der Waals surface area contributed by atoms with Crippen LogP contribution >= 0.6 is 0 Å². The smallest absolute Gasteiger partial charge is 0.0890 e. The zero-order valence-corrected chi connectivity index (χ0v) is 8.56. The van der Waals surface area contributed by atoms with Gasteiger partial charge in [-0.2, -0.15) is 5.10 Å². The highest BCUT2D eigenvalue weighted by atomic mass is 15.2. The summed E-state index contributed by atoms with van der Waals surface area (Å²) in [7, 11) is 0. The predicted molar refractivity (Wildman–Crippen MR) is 59.4 cm³/mol. The summed E-state index contributed by atoms with van der Waals surface area (Å²) >= 11 is 0. The highest BCUT2D eigenvalue weighted by Gasteiger charge is 2.09. The molecule has 3 nitrogen and oxygen atoms in total. The molecule has 1 aliphatic carbocycles. The average molecular weight is 199 g/mol. The van der Waals surface area contributed by atoms with Crippen molar-refractivity contribution < 1.29 is 0 Å². The standard InChI is InChI=1S/C12H13N3/c1-2-4-10(5-3-1)12-8-11-9-13-6-7-15(11)14-12/h4,6-9H,1-3,5H2. The summed E-state index contributed by atoms with van der Waals surface area (Å²) in [5.74, 6) is 0. The number of fused-ring (bicyclic) bond motifs is 1. The van der Waals surface area contributed by atoms with E-state index < -0.39 is 0 Å². The van der Waals surface area contributed by atoms with E-state index in [1.165, 1.54) is 24.8 Å². The third-order valence-corrected chi connectivity index (χ3v) is 2.89. The van der Waals surface area contributed by atoms with Gasteiger partial charge < -0.3 is 0 Å². The van der Waals surface area contributed by atoms with E-state index in [0.717, 1.165) is 17.6 Å². The third-order valence-electron chi connectivity index (χ3n) is 2.89. The molecule has 0 radical (unpaired) electrons. The maximum absolute atomic E-state index is 4.54. The largest absolute Gasteiger partial charge is 0.261 e. The SMILES string of the molecule is C1=C(c2cc3cnccn3n2)CCCC1. The van der Waals surface area contributed by atoms with E-state index in [0.29, 0.717) is 0 Å². The van der Waals surface area contributed by atoms with E-state index >= 15 is 0 Å². The fourth-order valence-electron chi connectivity index (χ4n) is 2.07. The van der Waals surface area contributed by atoms with E-state index in [9.17, 15) is 0 Å². The molecular formula is C12H13N3. The van der Waals surface area contributed by atoms with Crippen molar-refractivity contribution >= 4 is 11.1 Å². The summed E-state index contributed by atoms with van der Waals surface area (Å²) < 4.78 is 1.89. The number of rotatable bonds is 1. The Morgan fingerprint density at radius 2 is 2.27 bits per heavy atom. The lowest BCUT2D eigenvalue weighted by atomic mass is 9.97. The van der Waals surface area contributed by atoms with Crippen LogP contribution < -0.4 is 0 Å². The van der Waals surface area contributed by atoms with Gasteiger partial charge in [0.1, 0.15) is 0 Å². The number of nitrogens with zero attached hydrogens (tertiary/aromatic N) is 3. The predicted octanol–water partition coefficient (Wildman–Crippen LogP) is 2.69. The van der Waals surface area contributed by atoms with E-state index in [4.69, 9.17) is 0 Å². The Hall–Kier alpha value is -1.64. The quantitative estimate of drug-likeness (QED) is 0.706. The third kappa shape index (κ3) is 1.54. The Bertz CT molecular complexity index is 477. The van der Waals surface area contributed by atoms with Crippen LogP contribution in [-0.2, 0) is 0 Å². The van der Waals surface area contributed by atoms with E-state index in [1.54, 1.807) is 6.20 Å². The number of aromatic nitrogens is 3. The molecule has 0 saturated heterocycles. The highest BCUT2D eigenvalue weighted by Crippen LogP contribution is 2.26. The Balaban J connectivity index is 2.07. The Morgan fingerprint density at radius 3 is 3.07 bits per heavy atom. The van der Waals surface area contributed by atoms with Crippen molar-refractivity contribution in [1.29, 1.82) is 0 Å². The first kappa shape index (κ1) is 8.65. The van der Waals surface area contributed by atoms with Gasteiger partial charge in [-0.25, -0.2) is 4.52 Å². The van der Waals surface area contributed by atoms with Crippen molar-refractivity contribution in [1.82, 2.24) is 14.6 Å². The second-order valence-electron chi connectivity index (χ2n) is 3.95. The van der Waals surface area contributed by atoms with Crippen LogP contribution in [0.3, 0.4) is 0 Å². The van der Waals surface area contributed by atoms with Crippen LogP contribution in [0.5, 0.6) is 0 Å². The zero-order valence-electron chi connectivity index (χ0n) is 8.56. The first-order valence-electron chi connectivity index (χ1n) is 5.42. The fourth-order valence-corrected chi connectivity index (χ4v) is 2.07. The van der Waals surface area contributed by atoms with Gasteiger partial charge in [0.05, 0.1) is 17.4 Å². The van der Waals surface area contributed by atoms with Crippen molar-refractivity contribution in [2.45, 2.75) is 25.7 Å². The summed E-state index contributed by atoms with van der Waals surface area (Å²) in [6.45, 7) is 0. The normalized spacial score (nSPS) is 16.7. The Morgan fingerprint density at radius 1 is 1.27 bits per heavy atom. The van der Waals surface area contributed by atoms with E-state index in [-0.39, 0.29) is 0 Å².